The quantitative estimate of drug-likeness (QED) is 0.314. The molecule has 1 atom stereocenters. The number of nitro groups is 1. The summed E-state index contributed by atoms with van der Waals surface area (Å²) in [5, 5.41) is 24.5. The van der Waals surface area contributed by atoms with Crippen molar-refractivity contribution in [2.24, 2.45) is 0 Å². The predicted molar refractivity (Wildman–Crippen MR) is 94.1 cm³/mol. The van der Waals surface area contributed by atoms with Gasteiger partial charge >= 0.3 is 0 Å². The molecule has 1 aromatic carbocycles. The summed E-state index contributed by atoms with van der Waals surface area (Å²) >= 11 is 2.65. The third-order valence-electron chi connectivity index (χ3n) is 3.01. The monoisotopic (exact) mass is 343 g/mol. The Balaban J connectivity index is 2.16. The number of thioether (sulfide) groups is 1. The fourth-order valence-electron chi connectivity index (χ4n) is 1.91. The van der Waals surface area contributed by atoms with Crippen molar-refractivity contribution >= 4 is 34.9 Å². The first-order valence-electron chi connectivity index (χ1n) is 6.66. The Morgan fingerprint density at radius 2 is 2.22 bits per heavy atom. The number of nitro benzene ring substituents is 1. The van der Waals surface area contributed by atoms with Gasteiger partial charge in [0.05, 0.1) is 15.9 Å². The first-order chi connectivity index (χ1) is 11.1. The summed E-state index contributed by atoms with van der Waals surface area (Å²) in [6.45, 7) is 3.62. The van der Waals surface area contributed by atoms with Crippen molar-refractivity contribution in [3.63, 3.8) is 0 Å². The lowest BCUT2D eigenvalue weighted by Crippen LogP contribution is -1.99. The lowest BCUT2D eigenvalue weighted by molar-refractivity contribution is -0.384. The molecule has 0 amide bonds. The molecule has 0 saturated carbocycles. The summed E-state index contributed by atoms with van der Waals surface area (Å²) in [6.07, 6.45) is 5.94. The first kappa shape index (κ1) is 16.9. The third-order valence-corrected chi connectivity index (χ3v) is 4.63. The van der Waals surface area contributed by atoms with Crippen LogP contribution in [0.2, 0.25) is 0 Å². The van der Waals surface area contributed by atoms with Crippen molar-refractivity contribution in [3.8, 4) is 5.40 Å². The van der Waals surface area contributed by atoms with Gasteiger partial charge in [-0.1, -0.05) is 30.9 Å². The van der Waals surface area contributed by atoms with Gasteiger partial charge in [0.25, 0.3) is 5.69 Å². The van der Waals surface area contributed by atoms with Crippen LogP contribution in [0.15, 0.2) is 48.4 Å². The molecule has 0 N–H and O–H groups in total. The molecule has 0 unspecified atom stereocenters. The highest BCUT2D eigenvalue weighted by atomic mass is 32.2. The molecule has 1 heterocycles. The minimum atomic E-state index is -0.427. The van der Waals surface area contributed by atoms with Crippen molar-refractivity contribution < 1.29 is 4.92 Å². The van der Waals surface area contributed by atoms with E-state index in [0.29, 0.717) is 6.42 Å². The first-order valence-corrected chi connectivity index (χ1v) is 8.42. The van der Waals surface area contributed by atoms with Crippen LogP contribution >= 0.6 is 23.1 Å². The van der Waals surface area contributed by atoms with Gasteiger partial charge in [-0.2, -0.15) is 5.26 Å². The van der Waals surface area contributed by atoms with Crippen LogP contribution in [0.4, 0.5) is 5.69 Å². The number of rotatable bonds is 7. The molecule has 0 bridgehead atoms. The van der Waals surface area contributed by atoms with Gasteiger partial charge in [0.2, 0.25) is 0 Å². The molecule has 2 rings (SSSR count). The molecular formula is C16H13N3O2S2. The molecule has 0 aliphatic carbocycles. The number of aromatic nitrogens is 1. The molecule has 0 aliphatic rings. The zero-order valence-electron chi connectivity index (χ0n) is 12.1. The van der Waals surface area contributed by atoms with Crippen LogP contribution in [0, 0.1) is 20.8 Å². The van der Waals surface area contributed by atoms with Crippen molar-refractivity contribution in [2.75, 3.05) is 0 Å². The highest BCUT2D eigenvalue weighted by molar-refractivity contribution is 8.03. The second kappa shape index (κ2) is 8.27. The molecule has 0 fully saturated rings. The van der Waals surface area contributed by atoms with E-state index < -0.39 is 4.92 Å². The maximum atomic E-state index is 10.7. The summed E-state index contributed by atoms with van der Waals surface area (Å²) in [5.74, 6) is 0. The third kappa shape index (κ3) is 4.77. The predicted octanol–water partition coefficient (Wildman–Crippen LogP) is 4.75. The highest BCUT2D eigenvalue weighted by Gasteiger charge is 2.17. The van der Waals surface area contributed by atoms with E-state index in [0.717, 1.165) is 28.0 Å². The maximum absolute atomic E-state index is 10.7. The van der Waals surface area contributed by atoms with Crippen LogP contribution < -0.4 is 0 Å². The van der Waals surface area contributed by atoms with Crippen molar-refractivity contribution in [2.45, 2.75) is 11.7 Å². The summed E-state index contributed by atoms with van der Waals surface area (Å²) in [7, 11) is 0. The number of benzene rings is 1. The molecular weight excluding hydrogens is 330 g/mol. The molecule has 1 aromatic heterocycles. The van der Waals surface area contributed by atoms with Gasteiger partial charge in [0.1, 0.15) is 10.4 Å². The Bertz CT molecular complexity index is 760. The SMILES string of the molecule is C=C/C=C/c1nc([C@H](Cc2ccc([N+](=O)[O-])cc2)SC#N)cs1. The molecule has 2 aromatic rings. The molecule has 0 aliphatic heterocycles. The van der Waals surface area contributed by atoms with E-state index >= 15 is 0 Å². The fourth-order valence-corrected chi connectivity index (χ4v) is 3.42. The van der Waals surface area contributed by atoms with Crippen LogP contribution in [-0.2, 0) is 6.42 Å². The standard InChI is InChI=1S/C16H13N3O2S2/c1-2-3-4-16-18-14(10-22-16)15(23-11-17)9-12-5-7-13(8-6-12)19(20)21/h2-8,10,15H,1,9H2/b4-3+/t15-/m0/s1. The minimum Gasteiger partial charge on any atom is -0.258 e. The number of thiocyanates is 1. The second-order valence-corrected chi connectivity index (χ2v) is 6.41. The Morgan fingerprint density at radius 1 is 1.48 bits per heavy atom. The topological polar surface area (TPSA) is 79.8 Å². The van der Waals surface area contributed by atoms with Crippen LogP contribution in [0.25, 0.3) is 6.08 Å². The molecule has 0 spiro atoms. The number of allylic oxidation sites excluding steroid dienone is 2. The summed E-state index contributed by atoms with van der Waals surface area (Å²) in [4.78, 5) is 14.8. The zero-order chi connectivity index (χ0) is 16.7. The Hall–Kier alpha value is -2.43. The summed E-state index contributed by atoms with van der Waals surface area (Å²) in [6, 6.07) is 6.38. The number of thiazole rings is 1. The van der Waals surface area contributed by atoms with Crippen LogP contribution in [0.5, 0.6) is 0 Å². The van der Waals surface area contributed by atoms with Gasteiger partial charge < -0.3 is 0 Å². The van der Waals surface area contributed by atoms with Crippen LogP contribution in [0.1, 0.15) is 21.5 Å². The molecule has 7 heteroatoms. The van der Waals surface area contributed by atoms with E-state index in [-0.39, 0.29) is 10.9 Å². The Kier molecular flexibility index (Phi) is 6.09. The van der Waals surface area contributed by atoms with Crippen molar-refractivity contribution in [1.29, 1.82) is 5.26 Å². The van der Waals surface area contributed by atoms with E-state index in [9.17, 15) is 10.1 Å². The molecule has 0 radical (unpaired) electrons. The van der Waals surface area contributed by atoms with E-state index in [1.165, 1.54) is 23.5 Å². The van der Waals surface area contributed by atoms with Gasteiger partial charge in [0.15, 0.2) is 0 Å². The zero-order valence-corrected chi connectivity index (χ0v) is 13.7. The molecule has 5 nitrogen and oxygen atoms in total. The second-order valence-electron chi connectivity index (χ2n) is 4.53. The highest BCUT2D eigenvalue weighted by Crippen LogP contribution is 2.33. The van der Waals surface area contributed by atoms with Crippen LogP contribution in [0.3, 0.4) is 0 Å². The number of hydrogen-bond acceptors (Lipinski definition) is 6. The maximum Gasteiger partial charge on any atom is 0.269 e. The normalized spacial score (nSPS) is 12.0. The van der Waals surface area contributed by atoms with Gasteiger partial charge in [0, 0.05) is 17.5 Å². The largest absolute Gasteiger partial charge is 0.269 e. The number of hydrogen-bond donors (Lipinski definition) is 0. The van der Waals surface area contributed by atoms with Crippen molar-refractivity contribution in [1.82, 2.24) is 4.98 Å². The molecule has 116 valence electrons. The average molecular weight is 343 g/mol. The van der Waals surface area contributed by atoms with Crippen molar-refractivity contribution in [3.05, 3.63) is 74.8 Å². The average Bonchev–Trinajstić information content (AvgIpc) is 3.02. The smallest absolute Gasteiger partial charge is 0.258 e. The van der Waals surface area contributed by atoms with Gasteiger partial charge in [-0.25, -0.2) is 4.98 Å². The molecule has 23 heavy (non-hydrogen) atoms. The van der Waals surface area contributed by atoms with E-state index in [1.807, 2.05) is 17.5 Å². The van der Waals surface area contributed by atoms with E-state index in [4.69, 9.17) is 5.26 Å². The number of nitriles is 1. The van der Waals surface area contributed by atoms with Gasteiger partial charge in [-0.05, 0) is 29.8 Å². The fraction of sp³-hybridized carbons (Fsp3) is 0.125. The van der Waals surface area contributed by atoms with Gasteiger partial charge in [-0.15, -0.1) is 11.3 Å². The lowest BCUT2D eigenvalue weighted by Gasteiger charge is -2.10. The van der Waals surface area contributed by atoms with Gasteiger partial charge in [-0.3, -0.25) is 10.1 Å². The Labute approximate surface area is 142 Å². The molecule has 0 saturated heterocycles. The van der Waals surface area contributed by atoms with E-state index in [1.54, 1.807) is 18.2 Å². The summed E-state index contributed by atoms with van der Waals surface area (Å²) < 4.78 is 0. The summed E-state index contributed by atoms with van der Waals surface area (Å²) in [5.41, 5.74) is 1.83. The number of non-ortho nitro benzene ring substituents is 1. The lowest BCUT2D eigenvalue weighted by atomic mass is 10.1. The minimum absolute atomic E-state index is 0.0590. The van der Waals surface area contributed by atoms with E-state index in [2.05, 4.69) is 17.0 Å². The van der Waals surface area contributed by atoms with Crippen LogP contribution in [-0.4, -0.2) is 9.91 Å². The Morgan fingerprint density at radius 3 is 2.83 bits per heavy atom. The number of nitrogens with zero attached hydrogens (tertiary/aromatic N) is 3.